The number of hydrogen-bond donors (Lipinski definition) is 2. The first kappa shape index (κ1) is 20.1. The molecule has 0 saturated carbocycles. The second-order valence-corrected chi connectivity index (χ2v) is 6.87. The van der Waals surface area contributed by atoms with Crippen molar-refractivity contribution in [3.8, 4) is 0 Å². The number of nitrogens with one attached hydrogen (secondary N) is 2. The van der Waals surface area contributed by atoms with Crippen LogP contribution in [0.5, 0.6) is 0 Å². The van der Waals surface area contributed by atoms with Crippen LogP contribution in [0.2, 0.25) is 5.02 Å². The summed E-state index contributed by atoms with van der Waals surface area (Å²) in [7, 11) is 0. The highest BCUT2D eigenvalue weighted by Crippen LogP contribution is 2.34. The van der Waals surface area contributed by atoms with E-state index in [1.165, 1.54) is 18.2 Å². The minimum Gasteiger partial charge on any atom is -0.355 e. The second kappa shape index (κ2) is 7.79. The Balaban J connectivity index is 1.98. The van der Waals surface area contributed by atoms with Crippen molar-refractivity contribution >= 4 is 23.4 Å². The maximum Gasteiger partial charge on any atom is 0.419 e. The fourth-order valence-electron chi connectivity index (χ4n) is 3.00. The molecular weight excluding hydrogens is 400 g/mol. The molecule has 2 aromatic rings. The van der Waals surface area contributed by atoms with Crippen LogP contribution in [0.25, 0.3) is 0 Å². The van der Waals surface area contributed by atoms with E-state index >= 15 is 0 Å². The lowest BCUT2D eigenvalue weighted by molar-refractivity contribution is -0.140. The van der Waals surface area contributed by atoms with E-state index in [1.807, 2.05) is 0 Å². The van der Waals surface area contributed by atoms with Gasteiger partial charge in [-0.05, 0) is 35.4 Å². The molecule has 1 aliphatic rings. The lowest BCUT2D eigenvalue weighted by atomic mass is 9.95. The van der Waals surface area contributed by atoms with Gasteiger partial charge in [-0.2, -0.15) is 13.2 Å². The predicted octanol–water partition coefficient (Wildman–Crippen LogP) is 3.84. The van der Waals surface area contributed by atoms with E-state index in [0.717, 1.165) is 0 Å². The Morgan fingerprint density at radius 3 is 2.36 bits per heavy atom. The highest BCUT2D eigenvalue weighted by atomic mass is 35.5. The molecule has 3 rings (SSSR count). The zero-order valence-corrected chi connectivity index (χ0v) is 15.1. The zero-order valence-electron chi connectivity index (χ0n) is 14.3. The number of carbonyl (C=O) groups excluding carboxylic acids is 2. The van der Waals surface area contributed by atoms with Gasteiger partial charge >= 0.3 is 6.18 Å². The molecule has 0 radical (unpaired) electrons. The van der Waals surface area contributed by atoms with Crippen LogP contribution in [0.3, 0.4) is 0 Å². The van der Waals surface area contributed by atoms with Gasteiger partial charge in [0.1, 0.15) is 5.82 Å². The quantitative estimate of drug-likeness (QED) is 0.747. The number of alkyl halides is 3. The molecule has 2 N–H and O–H groups in total. The average Bonchev–Trinajstić information content (AvgIpc) is 3.07. The third-order valence-electron chi connectivity index (χ3n) is 4.47. The van der Waals surface area contributed by atoms with Gasteiger partial charge in [-0.15, -0.1) is 0 Å². The monoisotopic (exact) mass is 414 g/mol. The van der Waals surface area contributed by atoms with Crippen LogP contribution in [-0.4, -0.2) is 18.4 Å². The molecule has 28 heavy (non-hydrogen) atoms. The minimum absolute atomic E-state index is 0.00358. The Hall–Kier alpha value is -2.61. The predicted molar refractivity (Wildman–Crippen MR) is 94.0 cm³/mol. The Kier molecular flexibility index (Phi) is 5.60. The molecule has 2 amide bonds. The smallest absolute Gasteiger partial charge is 0.355 e. The van der Waals surface area contributed by atoms with Crippen molar-refractivity contribution in [1.29, 1.82) is 0 Å². The molecule has 1 fully saturated rings. The van der Waals surface area contributed by atoms with Crippen molar-refractivity contribution in [3.05, 3.63) is 70.0 Å². The van der Waals surface area contributed by atoms with Crippen LogP contribution in [0.4, 0.5) is 17.6 Å². The van der Waals surface area contributed by atoms with Crippen molar-refractivity contribution in [2.75, 3.05) is 6.54 Å². The summed E-state index contributed by atoms with van der Waals surface area (Å²) in [4.78, 5) is 23.9. The van der Waals surface area contributed by atoms with E-state index in [-0.39, 0.29) is 24.4 Å². The van der Waals surface area contributed by atoms with Crippen molar-refractivity contribution in [2.24, 2.45) is 5.92 Å². The van der Waals surface area contributed by atoms with Gasteiger partial charge in [0.2, 0.25) is 11.8 Å². The molecular formula is C19H15ClF4N2O2. The lowest BCUT2D eigenvalue weighted by Crippen LogP contribution is -2.35. The summed E-state index contributed by atoms with van der Waals surface area (Å²) in [5, 5.41) is 5.61. The molecule has 1 heterocycles. The number of benzene rings is 2. The first-order valence-electron chi connectivity index (χ1n) is 8.34. The maximum atomic E-state index is 13.7. The molecule has 148 valence electrons. The SMILES string of the molecule is O=C1CC(C(=O)N[C@H](c2ccc(Cl)cc2)c2ccc(F)c(C(F)(F)F)c2)CN1. The molecule has 9 heteroatoms. The highest BCUT2D eigenvalue weighted by molar-refractivity contribution is 6.30. The van der Waals surface area contributed by atoms with Gasteiger partial charge in [-0.3, -0.25) is 9.59 Å². The molecule has 1 saturated heterocycles. The molecule has 0 spiro atoms. The Bertz CT molecular complexity index is 900. The van der Waals surface area contributed by atoms with Gasteiger partial charge in [0, 0.05) is 18.0 Å². The number of hydrogen-bond acceptors (Lipinski definition) is 2. The van der Waals surface area contributed by atoms with E-state index in [9.17, 15) is 27.2 Å². The second-order valence-electron chi connectivity index (χ2n) is 6.44. The van der Waals surface area contributed by atoms with E-state index < -0.39 is 35.4 Å². The van der Waals surface area contributed by atoms with Gasteiger partial charge in [0.05, 0.1) is 17.5 Å². The summed E-state index contributed by atoms with van der Waals surface area (Å²) >= 11 is 5.86. The van der Waals surface area contributed by atoms with Crippen LogP contribution >= 0.6 is 11.6 Å². The molecule has 1 unspecified atom stereocenters. The Morgan fingerprint density at radius 2 is 1.79 bits per heavy atom. The summed E-state index contributed by atoms with van der Waals surface area (Å²) in [6.45, 7) is 0.148. The number of carbonyl (C=O) groups is 2. The van der Waals surface area contributed by atoms with Crippen molar-refractivity contribution < 1.29 is 27.2 Å². The third kappa shape index (κ3) is 4.44. The average molecular weight is 415 g/mol. The molecule has 2 aromatic carbocycles. The molecule has 0 bridgehead atoms. The van der Waals surface area contributed by atoms with Crippen molar-refractivity contribution in [2.45, 2.75) is 18.6 Å². The summed E-state index contributed by atoms with van der Waals surface area (Å²) in [6.07, 6.45) is -4.88. The van der Waals surface area contributed by atoms with Gasteiger partial charge in [-0.25, -0.2) is 4.39 Å². The molecule has 2 atom stereocenters. The Morgan fingerprint density at radius 1 is 1.14 bits per heavy atom. The van der Waals surface area contributed by atoms with E-state index in [2.05, 4.69) is 10.6 Å². The lowest BCUT2D eigenvalue weighted by Gasteiger charge is -2.23. The first-order chi connectivity index (χ1) is 13.1. The van der Waals surface area contributed by atoms with Gasteiger partial charge in [-0.1, -0.05) is 29.8 Å². The third-order valence-corrected chi connectivity index (χ3v) is 4.72. The van der Waals surface area contributed by atoms with Crippen LogP contribution in [0.15, 0.2) is 42.5 Å². The fourth-order valence-corrected chi connectivity index (χ4v) is 3.13. The molecule has 4 nitrogen and oxygen atoms in total. The van der Waals surface area contributed by atoms with Gasteiger partial charge in [0.15, 0.2) is 0 Å². The number of halogens is 5. The van der Waals surface area contributed by atoms with Crippen molar-refractivity contribution in [3.63, 3.8) is 0 Å². The molecule has 0 aliphatic carbocycles. The van der Waals surface area contributed by atoms with Gasteiger partial charge in [0.25, 0.3) is 0 Å². The number of amides is 2. The van der Waals surface area contributed by atoms with Crippen LogP contribution < -0.4 is 10.6 Å². The van der Waals surface area contributed by atoms with E-state index in [1.54, 1.807) is 12.1 Å². The summed E-state index contributed by atoms with van der Waals surface area (Å²) in [5.41, 5.74) is -0.896. The minimum atomic E-state index is -4.88. The van der Waals surface area contributed by atoms with Crippen LogP contribution in [0, 0.1) is 11.7 Å². The number of rotatable bonds is 4. The summed E-state index contributed by atoms with van der Waals surface area (Å²) in [6, 6.07) is 7.78. The largest absolute Gasteiger partial charge is 0.419 e. The normalized spacial score (nSPS) is 17.9. The first-order valence-corrected chi connectivity index (χ1v) is 8.72. The van der Waals surface area contributed by atoms with E-state index in [0.29, 0.717) is 22.7 Å². The standard InChI is InChI=1S/C19H15ClF4N2O2/c20-13-4-1-10(2-5-13)17(26-18(28)12-8-16(27)25-9-12)11-3-6-15(21)14(7-11)19(22,23)24/h1-7,12,17H,8-9H2,(H,25,27)(H,26,28)/t12?,17-/m1/s1. The van der Waals surface area contributed by atoms with Crippen LogP contribution in [-0.2, 0) is 15.8 Å². The Labute approximate surface area is 162 Å². The molecule has 1 aliphatic heterocycles. The fraction of sp³-hybridized carbons (Fsp3) is 0.263. The summed E-state index contributed by atoms with van der Waals surface area (Å²) < 4.78 is 53.0. The van der Waals surface area contributed by atoms with E-state index in [4.69, 9.17) is 11.6 Å². The zero-order chi connectivity index (χ0) is 20.5. The summed E-state index contributed by atoms with van der Waals surface area (Å²) in [5.74, 6) is -2.80. The van der Waals surface area contributed by atoms with Crippen LogP contribution in [0.1, 0.15) is 29.2 Å². The topological polar surface area (TPSA) is 58.2 Å². The van der Waals surface area contributed by atoms with Gasteiger partial charge < -0.3 is 10.6 Å². The highest BCUT2D eigenvalue weighted by Gasteiger charge is 2.35. The van der Waals surface area contributed by atoms with Crippen molar-refractivity contribution in [1.82, 2.24) is 10.6 Å². The molecule has 0 aromatic heterocycles. The maximum absolute atomic E-state index is 13.7.